The molecule has 1 atom stereocenters. The number of benzene rings is 1. The quantitative estimate of drug-likeness (QED) is 0.838. The zero-order valence-corrected chi connectivity index (χ0v) is 10.5. The lowest BCUT2D eigenvalue weighted by Crippen LogP contribution is -2.50. The Morgan fingerprint density at radius 3 is 3.00 bits per heavy atom. The second-order valence-electron chi connectivity index (χ2n) is 4.54. The number of amides is 1. The molecule has 2 heterocycles. The molecule has 2 aliphatic heterocycles. The molecule has 2 aliphatic rings. The van der Waals surface area contributed by atoms with Crippen molar-refractivity contribution in [2.75, 3.05) is 26.5 Å². The van der Waals surface area contributed by atoms with Crippen molar-refractivity contribution in [2.45, 2.75) is 12.6 Å². The predicted molar refractivity (Wildman–Crippen MR) is 66.8 cm³/mol. The monoisotopic (exact) mass is 264 g/mol. The van der Waals surface area contributed by atoms with Crippen LogP contribution < -0.4 is 15.2 Å². The molecule has 19 heavy (non-hydrogen) atoms. The van der Waals surface area contributed by atoms with Crippen LogP contribution in [-0.4, -0.2) is 43.4 Å². The number of hydrogen-bond donors (Lipinski definition) is 1. The Balaban J connectivity index is 1.72. The van der Waals surface area contributed by atoms with E-state index < -0.39 is 6.10 Å². The van der Waals surface area contributed by atoms with E-state index in [0.29, 0.717) is 19.7 Å². The van der Waals surface area contributed by atoms with Crippen molar-refractivity contribution in [3.8, 4) is 11.5 Å². The molecular weight excluding hydrogens is 248 g/mol. The Morgan fingerprint density at radius 1 is 1.32 bits per heavy atom. The minimum atomic E-state index is -0.511. The summed E-state index contributed by atoms with van der Waals surface area (Å²) < 4.78 is 15.9. The molecule has 102 valence electrons. The first-order chi connectivity index (χ1) is 9.28. The normalized spacial score (nSPS) is 21.8. The standard InChI is InChI=1S/C13H16N2O4/c14-6-12-13(16)15(3-4-17-12)7-9-1-2-10-11(5-9)19-8-18-10/h1-2,5,12H,3-4,6-8,14H2. The summed E-state index contributed by atoms with van der Waals surface area (Å²) >= 11 is 0. The lowest BCUT2D eigenvalue weighted by atomic mass is 10.1. The van der Waals surface area contributed by atoms with E-state index in [2.05, 4.69) is 0 Å². The maximum Gasteiger partial charge on any atom is 0.253 e. The first-order valence-electron chi connectivity index (χ1n) is 6.27. The van der Waals surface area contributed by atoms with Gasteiger partial charge in [-0.05, 0) is 17.7 Å². The Bertz CT molecular complexity index is 492. The van der Waals surface area contributed by atoms with E-state index >= 15 is 0 Å². The van der Waals surface area contributed by atoms with Gasteiger partial charge in [-0.3, -0.25) is 4.79 Å². The Morgan fingerprint density at radius 2 is 2.16 bits per heavy atom. The molecule has 0 radical (unpaired) electrons. The number of carbonyl (C=O) groups excluding carboxylic acids is 1. The van der Waals surface area contributed by atoms with Crippen LogP contribution in [0.2, 0.25) is 0 Å². The van der Waals surface area contributed by atoms with Crippen LogP contribution in [0.15, 0.2) is 18.2 Å². The van der Waals surface area contributed by atoms with E-state index in [4.69, 9.17) is 19.9 Å². The van der Waals surface area contributed by atoms with Gasteiger partial charge in [-0.1, -0.05) is 6.07 Å². The van der Waals surface area contributed by atoms with Gasteiger partial charge in [-0.15, -0.1) is 0 Å². The molecule has 1 aromatic carbocycles. The molecule has 0 saturated carbocycles. The topological polar surface area (TPSA) is 74.0 Å². The van der Waals surface area contributed by atoms with Gasteiger partial charge in [0.15, 0.2) is 11.5 Å². The predicted octanol–water partition coefficient (Wildman–Crippen LogP) is 0.101. The average Bonchev–Trinajstić information content (AvgIpc) is 2.88. The number of carbonyl (C=O) groups is 1. The van der Waals surface area contributed by atoms with E-state index in [-0.39, 0.29) is 19.2 Å². The highest BCUT2D eigenvalue weighted by Crippen LogP contribution is 2.32. The van der Waals surface area contributed by atoms with Crippen molar-refractivity contribution < 1.29 is 19.0 Å². The maximum absolute atomic E-state index is 12.1. The van der Waals surface area contributed by atoms with Crippen molar-refractivity contribution in [2.24, 2.45) is 5.73 Å². The van der Waals surface area contributed by atoms with Crippen LogP contribution in [0.25, 0.3) is 0 Å². The SMILES string of the molecule is NCC1OCCN(Cc2ccc3c(c2)OCO3)C1=O. The highest BCUT2D eigenvalue weighted by Gasteiger charge is 2.28. The summed E-state index contributed by atoms with van der Waals surface area (Å²) in [5.74, 6) is 1.43. The van der Waals surface area contributed by atoms with Crippen molar-refractivity contribution in [3.63, 3.8) is 0 Å². The number of nitrogens with two attached hydrogens (primary N) is 1. The molecule has 1 aromatic rings. The summed E-state index contributed by atoms with van der Waals surface area (Å²) in [6, 6.07) is 5.71. The van der Waals surface area contributed by atoms with Crippen molar-refractivity contribution in [1.29, 1.82) is 0 Å². The van der Waals surface area contributed by atoms with E-state index in [1.165, 1.54) is 0 Å². The second kappa shape index (κ2) is 5.07. The molecule has 1 unspecified atom stereocenters. The van der Waals surface area contributed by atoms with Crippen LogP contribution in [0.5, 0.6) is 11.5 Å². The largest absolute Gasteiger partial charge is 0.454 e. The van der Waals surface area contributed by atoms with Gasteiger partial charge in [0.1, 0.15) is 6.10 Å². The molecule has 0 aromatic heterocycles. The second-order valence-corrected chi connectivity index (χ2v) is 4.54. The fourth-order valence-electron chi connectivity index (χ4n) is 2.28. The molecule has 6 heteroatoms. The lowest BCUT2D eigenvalue weighted by molar-refractivity contribution is -0.152. The molecular formula is C13H16N2O4. The van der Waals surface area contributed by atoms with Crippen LogP contribution in [0, 0.1) is 0 Å². The number of fused-ring (bicyclic) bond motifs is 1. The smallest absolute Gasteiger partial charge is 0.253 e. The number of nitrogens with zero attached hydrogens (tertiary/aromatic N) is 1. The minimum Gasteiger partial charge on any atom is -0.454 e. The summed E-state index contributed by atoms with van der Waals surface area (Å²) in [6.07, 6.45) is -0.511. The molecule has 1 amide bonds. The Kier molecular flexibility index (Phi) is 3.27. The fraction of sp³-hybridized carbons (Fsp3) is 0.462. The van der Waals surface area contributed by atoms with Gasteiger partial charge in [0.2, 0.25) is 6.79 Å². The number of hydrogen-bond acceptors (Lipinski definition) is 5. The third kappa shape index (κ3) is 2.36. The summed E-state index contributed by atoms with van der Waals surface area (Å²) in [6.45, 7) is 2.12. The van der Waals surface area contributed by atoms with E-state index in [0.717, 1.165) is 17.1 Å². The van der Waals surface area contributed by atoms with Gasteiger partial charge < -0.3 is 24.8 Å². The molecule has 0 spiro atoms. The van der Waals surface area contributed by atoms with E-state index in [1.54, 1.807) is 4.90 Å². The van der Waals surface area contributed by atoms with Gasteiger partial charge in [0.05, 0.1) is 6.61 Å². The van der Waals surface area contributed by atoms with E-state index in [1.807, 2.05) is 18.2 Å². The van der Waals surface area contributed by atoms with Gasteiger partial charge >= 0.3 is 0 Å². The van der Waals surface area contributed by atoms with Gasteiger partial charge in [-0.2, -0.15) is 0 Å². The summed E-state index contributed by atoms with van der Waals surface area (Å²) in [5, 5.41) is 0. The minimum absolute atomic E-state index is 0.0496. The highest BCUT2D eigenvalue weighted by molar-refractivity contribution is 5.81. The van der Waals surface area contributed by atoms with Gasteiger partial charge in [-0.25, -0.2) is 0 Å². The summed E-state index contributed by atoms with van der Waals surface area (Å²) in [7, 11) is 0. The molecule has 1 fully saturated rings. The molecule has 1 saturated heterocycles. The van der Waals surface area contributed by atoms with Crippen molar-refractivity contribution >= 4 is 5.91 Å². The number of ether oxygens (including phenoxy) is 3. The van der Waals surface area contributed by atoms with Crippen LogP contribution in [0.1, 0.15) is 5.56 Å². The first-order valence-corrected chi connectivity index (χ1v) is 6.27. The van der Waals surface area contributed by atoms with Crippen LogP contribution in [0.3, 0.4) is 0 Å². The van der Waals surface area contributed by atoms with Gasteiger partial charge in [0, 0.05) is 19.6 Å². The van der Waals surface area contributed by atoms with Crippen LogP contribution >= 0.6 is 0 Å². The van der Waals surface area contributed by atoms with Gasteiger partial charge in [0.25, 0.3) is 5.91 Å². The van der Waals surface area contributed by atoms with Crippen LogP contribution in [-0.2, 0) is 16.1 Å². The number of rotatable bonds is 3. The third-order valence-corrected chi connectivity index (χ3v) is 3.29. The molecule has 2 N–H and O–H groups in total. The fourth-order valence-corrected chi connectivity index (χ4v) is 2.28. The maximum atomic E-state index is 12.1. The molecule has 3 rings (SSSR count). The Labute approximate surface area is 111 Å². The molecule has 0 aliphatic carbocycles. The summed E-state index contributed by atoms with van der Waals surface area (Å²) in [4.78, 5) is 13.8. The Hall–Kier alpha value is -1.79. The first kappa shape index (κ1) is 12.3. The zero-order valence-electron chi connectivity index (χ0n) is 10.5. The van der Waals surface area contributed by atoms with Crippen molar-refractivity contribution in [1.82, 2.24) is 4.90 Å². The summed E-state index contributed by atoms with van der Waals surface area (Å²) in [5.41, 5.74) is 6.52. The molecule has 0 bridgehead atoms. The highest BCUT2D eigenvalue weighted by atomic mass is 16.7. The zero-order chi connectivity index (χ0) is 13.2. The lowest BCUT2D eigenvalue weighted by Gasteiger charge is -2.31. The van der Waals surface area contributed by atoms with Crippen molar-refractivity contribution in [3.05, 3.63) is 23.8 Å². The molecule has 6 nitrogen and oxygen atoms in total. The van der Waals surface area contributed by atoms with Crippen LogP contribution in [0.4, 0.5) is 0 Å². The average molecular weight is 264 g/mol. The third-order valence-electron chi connectivity index (χ3n) is 3.29. The van der Waals surface area contributed by atoms with E-state index in [9.17, 15) is 4.79 Å². The number of morpholine rings is 1.